The van der Waals surface area contributed by atoms with Crippen molar-refractivity contribution in [1.82, 2.24) is 21.5 Å². The average Bonchev–Trinajstić information content (AvgIpc) is 2.63. The molecule has 0 aliphatic heterocycles. The first-order valence-electron chi connectivity index (χ1n) is 8.00. The molecule has 0 rings (SSSR count). The van der Waals surface area contributed by atoms with E-state index in [1.807, 2.05) is 10.9 Å². The summed E-state index contributed by atoms with van der Waals surface area (Å²) in [6.45, 7) is 0.847. The second-order valence-corrected chi connectivity index (χ2v) is 9.22. The van der Waals surface area contributed by atoms with Crippen LogP contribution in [0.25, 0.3) is 0 Å². The van der Waals surface area contributed by atoms with Gasteiger partial charge >= 0.3 is 0 Å². The molecule has 0 aromatic carbocycles. The molecule has 0 heterocycles. The molecule has 0 saturated carbocycles. The lowest BCUT2D eigenvalue weighted by Crippen LogP contribution is -2.34. The number of carbonyl (C=O) groups is 4. The second kappa shape index (κ2) is 15.8. The zero-order chi connectivity index (χ0) is 19.8. The maximum absolute atomic E-state index is 11.7. The predicted octanol–water partition coefficient (Wildman–Crippen LogP) is -1.85. The van der Waals surface area contributed by atoms with Crippen molar-refractivity contribution in [2.45, 2.75) is 25.7 Å². The van der Waals surface area contributed by atoms with Crippen LogP contribution in [-0.4, -0.2) is 60.5 Å². The van der Waals surface area contributed by atoms with Gasteiger partial charge in [-0.15, -0.1) is 20.3 Å². The molecule has 1 atom stereocenters. The van der Waals surface area contributed by atoms with Crippen molar-refractivity contribution in [1.29, 1.82) is 0 Å². The Morgan fingerprint density at radius 1 is 0.885 bits per heavy atom. The van der Waals surface area contributed by atoms with Gasteiger partial charge in [0.25, 0.3) is 0 Å². The summed E-state index contributed by atoms with van der Waals surface area (Å²) in [5, 5.41) is 5.51. The highest BCUT2D eigenvalue weighted by atomic mass is 33.1. The summed E-state index contributed by atoms with van der Waals surface area (Å²) in [6, 6.07) is 0. The van der Waals surface area contributed by atoms with Crippen molar-refractivity contribution in [3.63, 3.8) is 0 Å². The highest BCUT2D eigenvalue weighted by Crippen LogP contribution is 2.29. The Bertz CT molecular complexity index is 504. The summed E-state index contributed by atoms with van der Waals surface area (Å²) in [7, 11) is 1.28. The van der Waals surface area contributed by atoms with E-state index in [4.69, 9.17) is 11.7 Å². The van der Waals surface area contributed by atoms with Crippen molar-refractivity contribution in [2.24, 2.45) is 11.7 Å². The zero-order valence-corrected chi connectivity index (χ0v) is 16.3. The number of nitrogens with two attached hydrogens (primary N) is 2. The van der Waals surface area contributed by atoms with Gasteiger partial charge in [-0.3, -0.25) is 30.0 Å². The molecule has 10 nitrogen and oxygen atoms in total. The Labute approximate surface area is 159 Å². The van der Waals surface area contributed by atoms with Gasteiger partial charge in [0.15, 0.2) is 0 Å². The van der Waals surface area contributed by atoms with Crippen molar-refractivity contribution < 1.29 is 19.2 Å². The van der Waals surface area contributed by atoms with Crippen molar-refractivity contribution in [2.75, 3.05) is 31.1 Å². The van der Waals surface area contributed by atoms with Gasteiger partial charge in [-0.1, -0.05) is 5.87 Å². The quantitative estimate of drug-likeness (QED) is 0.0458. The monoisotopic (exact) mass is 408 g/mol. The fourth-order valence-corrected chi connectivity index (χ4v) is 4.24. The summed E-state index contributed by atoms with van der Waals surface area (Å²) < 4.78 is 0. The summed E-state index contributed by atoms with van der Waals surface area (Å²) in [4.78, 5) is 45.1. The largest absolute Gasteiger partial charge is 0.356 e. The van der Waals surface area contributed by atoms with E-state index in [1.165, 1.54) is 0 Å². The average molecular weight is 409 g/mol. The number of nitrogens with one attached hydrogen (secondary N) is 4. The lowest BCUT2D eigenvalue weighted by molar-refractivity contribution is -0.122. The Morgan fingerprint density at radius 3 is 2.12 bits per heavy atom. The molecule has 0 aliphatic carbocycles. The van der Waals surface area contributed by atoms with Gasteiger partial charge in [0.2, 0.25) is 17.7 Å². The number of Topliss-reactive ketones (excluding diaryl/α,β-unsaturated/α-hetero) is 1. The van der Waals surface area contributed by atoms with Crippen LogP contribution in [-0.2, 0) is 19.2 Å². The predicted molar refractivity (Wildman–Crippen MR) is 106 cm³/mol. The van der Waals surface area contributed by atoms with E-state index >= 15 is 0 Å². The molecule has 150 valence electrons. The minimum absolute atomic E-state index is 0.0542. The summed E-state index contributed by atoms with van der Waals surface area (Å²) >= 11 is 0. The Morgan fingerprint density at radius 2 is 1.50 bits per heavy atom. The van der Waals surface area contributed by atoms with E-state index in [0.29, 0.717) is 30.9 Å². The molecule has 0 spiro atoms. The molecule has 0 aromatic heterocycles. The Kier molecular flexibility index (Phi) is 14.9. The number of ketones is 1. The minimum Gasteiger partial charge on any atom is -0.356 e. The first kappa shape index (κ1) is 24.5. The first-order chi connectivity index (χ1) is 12.4. The summed E-state index contributed by atoms with van der Waals surface area (Å²) in [5.74, 6) is 14.4. The Balaban J connectivity index is 3.63. The molecule has 8 N–H and O–H groups in total. The highest BCUT2D eigenvalue weighted by Gasteiger charge is 2.06. The molecule has 12 heteroatoms. The molecular formula is C14H28N6O4S2. The van der Waals surface area contributed by atoms with E-state index in [-0.39, 0.29) is 59.0 Å². The third-order valence-corrected chi connectivity index (χ3v) is 6.40. The molecule has 0 aromatic rings. The summed E-state index contributed by atoms with van der Waals surface area (Å²) in [6.07, 6.45) is 1.09. The van der Waals surface area contributed by atoms with E-state index in [1.54, 1.807) is 10.8 Å². The SMILES string of the molecule is C=S(CCC(=O)NCCC(=O)NN)SCCC(=O)CNCCC(=O)NN. The summed E-state index contributed by atoms with van der Waals surface area (Å²) in [5.41, 5.74) is 4.00. The van der Waals surface area contributed by atoms with Crippen molar-refractivity contribution in [3.8, 4) is 0 Å². The normalized spacial score (nSPS) is 11.5. The molecule has 0 saturated heterocycles. The van der Waals surface area contributed by atoms with Crippen LogP contribution >= 0.6 is 20.3 Å². The van der Waals surface area contributed by atoms with E-state index in [2.05, 4.69) is 16.5 Å². The van der Waals surface area contributed by atoms with E-state index in [0.717, 1.165) is 0 Å². The van der Waals surface area contributed by atoms with Crippen LogP contribution in [0.4, 0.5) is 0 Å². The fraction of sp³-hybridized carbons (Fsp3) is 0.643. The van der Waals surface area contributed by atoms with Crippen molar-refractivity contribution >= 4 is 49.7 Å². The molecule has 26 heavy (non-hydrogen) atoms. The molecule has 0 fully saturated rings. The minimum atomic E-state index is -0.334. The number of carbonyl (C=O) groups excluding carboxylic acids is 4. The number of rotatable bonds is 15. The number of hydrazine groups is 2. The molecule has 0 radical (unpaired) electrons. The van der Waals surface area contributed by atoms with Crippen LogP contribution in [0, 0.1) is 0 Å². The standard InChI is InChI=1S/C14H28N6O4S2/c1-26(9-5-12(22)18-7-3-14(24)20-16)25-8-4-11(21)10-17-6-2-13(23)19-15/h17H,1-10,15-16H2,(H,18,22)(H,19,23)(H,20,24). The van der Waals surface area contributed by atoms with Crippen molar-refractivity contribution in [3.05, 3.63) is 0 Å². The van der Waals surface area contributed by atoms with Gasteiger partial charge in [0.05, 0.1) is 6.54 Å². The lowest BCUT2D eigenvalue weighted by Gasteiger charge is -2.08. The Hall–Kier alpha value is -1.47. The third-order valence-electron chi connectivity index (χ3n) is 3.03. The molecule has 0 bridgehead atoms. The number of hydrogen-bond donors (Lipinski definition) is 6. The van der Waals surface area contributed by atoms with E-state index in [9.17, 15) is 19.2 Å². The van der Waals surface area contributed by atoms with Gasteiger partial charge < -0.3 is 10.6 Å². The number of hydrogen-bond acceptors (Lipinski definition) is 8. The van der Waals surface area contributed by atoms with E-state index < -0.39 is 0 Å². The van der Waals surface area contributed by atoms with Gasteiger partial charge in [0, 0.05) is 50.3 Å². The maximum Gasteiger partial charge on any atom is 0.235 e. The van der Waals surface area contributed by atoms with Gasteiger partial charge in [-0.2, -0.15) is 0 Å². The van der Waals surface area contributed by atoms with Gasteiger partial charge in [0.1, 0.15) is 5.78 Å². The maximum atomic E-state index is 11.7. The van der Waals surface area contributed by atoms with Crippen LogP contribution in [0.3, 0.4) is 0 Å². The molecule has 1 unspecified atom stereocenters. The van der Waals surface area contributed by atoms with Crippen LogP contribution in [0.5, 0.6) is 0 Å². The topological polar surface area (TPSA) is 168 Å². The first-order valence-corrected chi connectivity index (χ1v) is 11.1. The highest BCUT2D eigenvalue weighted by molar-refractivity contribution is 8.83. The fourth-order valence-electron chi connectivity index (χ4n) is 1.61. The van der Waals surface area contributed by atoms with Crippen LogP contribution in [0.15, 0.2) is 0 Å². The zero-order valence-electron chi connectivity index (χ0n) is 14.7. The van der Waals surface area contributed by atoms with Crippen LogP contribution in [0.2, 0.25) is 0 Å². The van der Waals surface area contributed by atoms with Crippen LogP contribution < -0.4 is 33.2 Å². The number of amides is 3. The third kappa shape index (κ3) is 14.8. The van der Waals surface area contributed by atoms with Crippen LogP contribution in [0.1, 0.15) is 25.7 Å². The van der Waals surface area contributed by atoms with Gasteiger partial charge in [-0.05, 0) is 0 Å². The molecule has 0 aliphatic rings. The van der Waals surface area contributed by atoms with Gasteiger partial charge in [-0.25, -0.2) is 11.7 Å². The molecular weight excluding hydrogens is 380 g/mol. The second-order valence-electron chi connectivity index (χ2n) is 5.17. The smallest absolute Gasteiger partial charge is 0.235 e. The molecule has 3 amide bonds. The lowest BCUT2D eigenvalue weighted by atomic mass is 10.3.